The van der Waals surface area contributed by atoms with E-state index in [9.17, 15) is 19.7 Å². The smallest absolute Gasteiger partial charge is 0.272 e. The van der Waals surface area contributed by atoms with Gasteiger partial charge < -0.3 is 15.1 Å². The molecule has 2 saturated heterocycles. The van der Waals surface area contributed by atoms with Gasteiger partial charge in [-0.25, -0.2) is 0 Å². The molecule has 0 bridgehead atoms. The van der Waals surface area contributed by atoms with E-state index in [1.165, 1.54) is 18.2 Å². The van der Waals surface area contributed by atoms with E-state index in [2.05, 4.69) is 5.32 Å². The van der Waals surface area contributed by atoms with Crippen LogP contribution in [0.3, 0.4) is 0 Å². The first kappa shape index (κ1) is 18.3. The van der Waals surface area contributed by atoms with Crippen LogP contribution in [0.25, 0.3) is 0 Å². The van der Waals surface area contributed by atoms with E-state index in [1.54, 1.807) is 23.8 Å². The molecule has 0 aromatic heterocycles. The summed E-state index contributed by atoms with van der Waals surface area (Å²) in [5.74, 6) is -0.264. The number of carbonyl (C=O) groups is 2. The molecule has 2 aliphatic heterocycles. The van der Waals surface area contributed by atoms with Gasteiger partial charge in [0.1, 0.15) is 6.04 Å². The van der Waals surface area contributed by atoms with Crippen LogP contribution in [0.2, 0.25) is 0 Å². The van der Waals surface area contributed by atoms with Crippen LogP contribution in [0.5, 0.6) is 0 Å². The average molecular weight is 360 g/mol. The molecule has 0 radical (unpaired) electrons. The van der Waals surface area contributed by atoms with Crippen molar-refractivity contribution in [2.75, 3.05) is 26.7 Å². The van der Waals surface area contributed by atoms with E-state index in [-0.39, 0.29) is 23.5 Å². The van der Waals surface area contributed by atoms with Crippen molar-refractivity contribution in [1.82, 2.24) is 15.1 Å². The fourth-order valence-corrected chi connectivity index (χ4v) is 3.81. The van der Waals surface area contributed by atoms with Crippen molar-refractivity contribution >= 4 is 17.5 Å². The molecule has 2 atom stereocenters. The molecule has 8 nitrogen and oxygen atoms in total. The largest absolute Gasteiger partial charge is 0.340 e. The molecule has 1 aromatic carbocycles. The molecule has 8 heteroatoms. The Morgan fingerprint density at radius 2 is 2.12 bits per heavy atom. The van der Waals surface area contributed by atoms with Crippen molar-refractivity contribution in [3.63, 3.8) is 0 Å². The molecule has 2 fully saturated rings. The fourth-order valence-electron chi connectivity index (χ4n) is 3.81. The highest BCUT2D eigenvalue weighted by Gasteiger charge is 2.38. The highest BCUT2D eigenvalue weighted by atomic mass is 16.6. The number of carbonyl (C=O) groups excluding carboxylic acids is 2. The second-order valence-corrected chi connectivity index (χ2v) is 7.01. The van der Waals surface area contributed by atoms with Crippen molar-refractivity contribution in [1.29, 1.82) is 0 Å². The Morgan fingerprint density at radius 3 is 2.73 bits per heavy atom. The highest BCUT2D eigenvalue weighted by molar-refractivity contribution is 5.98. The molecule has 26 heavy (non-hydrogen) atoms. The van der Waals surface area contributed by atoms with Crippen LogP contribution in [0.15, 0.2) is 18.2 Å². The topological polar surface area (TPSA) is 95.8 Å². The number of hydrogen-bond donors (Lipinski definition) is 1. The van der Waals surface area contributed by atoms with Crippen molar-refractivity contribution in [3.8, 4) is 0 Å². The van der Waals surface area contributed by atoms with Crippen LogP contribution in [0.1, 0.15) is 35.2 Å². The molecule has 2 aliphatic rings. The van der Waals surface area contributed by atoms with Gasteiger partial charge in [0.05, 0.1) is 4.92 Å². The number of nitrogens with zero attached hydrogens (tertiary/aromatic N) is 3. The van der Waals surface area contributed by atoms with Crippen molar-refractivity contribution in [2.45, 2.75) is 38.3 Å². The van der Waals surface area contributed by atoms with Crippen LogP contribution in [0.4, 0.5) is 5.69 Å². The van der Waals surface area contributed by atoms with Gasteiger partial charge in [0, 0.05) is 43.4 Å². The number of rotatable bonds is 4. The van der Waals surface area contributed by atoms with E-state index in [1.807, 2.05) is 0 Å². The standard InChI is InChI=1S/C18H24N4O4/c1-12-10-13(5-6-15(12)22(25)26)17(23)21-9-3-4-16(21)18(24)20(2)14-7-8-19-11-14/h5-6,10,14,16,19H,3-4,7-9,11H2,1-2H3. The average Bonchev–Trinajstić information content (AvgIpc) is 3.30. The van der Waals surface area contributed by atoms with Crippen molar-refractivity contribution in [2.24, 2.45) is 0 Å². The van der Waals surface area contributed by atoms with Crippen LogP contribution in [-0.2, 0) is 4.79 Å². The molecule has 140 valence electrons. The fraction of sp³-hybridized carbons (Fsp3) is 0.556. The van der Waals surface area contributed by atoms with Crippen molar-refractivity contribution in [3.05, 3.63) is 39.4 Å². The number of nitro groups is 1. The Morgan fingerprint density at radius 1 is 1.35 bits per heavy atom. The monoisotopic (exact) mass is 360 g/mol. The van der Waals surface area contributed by atoms with Crippen LogP contribution in [-0.4, -0.2) is 65.3 Å². The predicted molar refractivity (Wildman–Crippen MR) is 95.9 cm³/mol. The summed E-state index contributed by atoms with van der Waals surface area (Å²) in [7, 11) is 1.80. The lowest BCUT2D eigenvalue weighted by atomic mass is 10.1. The molecule has 2 unspecified atom stereocenters. The summed E-state index contributed by atoms with van der Waals surface area (Å²) in [6, 6.07) is 4.07. The minimum Gasteiger partial charge on any atom is -0.340 e. The summed E-state index contributed by atoms with van der Waals surface area (Å²) in [4.78, 5) is 39.7. The minimum absolute atomic E-state index is 0.0101. The molecule has 0 spiro atoms. The van der Waals surface area contributed by atoms with Crippen LogP contribution < -0.4 is 5.32 Å². The molecular weight excluding hydrogens is 336 g/mol. The van der Waals surface area contributed by atoms with E-state index >= 15 is 0 Å². The van der Waals surface area contributed by atoms with Gasteiger partial charge in [-0.15, -0.1) is 0 Å². The second-order valence-electron chi connectivity index (χ2n) is 7.01. The maximum absolute atomic E-state index is 12.9. The third-order valence-electron chi connectivity index (χ3n) is 5.37. The Balaban J connectivity index is 1.77. The zero-order valence-electron chi connectivity index (χ0n) is 15.1. The van der Waals surface area contributed by atoms with Gasteiger partial charge >= 0.3 is 0 Å². The van der Waals surface area contributed by atoms with Gasteiger partial charge in [0.15, 0.2) is 0 Å². The first-order valence-corrected chi connectivity index (χ1v) is 8.93. The Bertz CT molecular complexity index is 730. The molecule has 1 N–H and O–H groups in total. The molecule has 3 rings (SSSR count). The number of benzene rings is 1. The quantitative estimate of drug-likeness (QED) is 0.645. The second kappa shape index (κ2) is 7.41. The van der Waals surface area contributed by atoms with Gasteiger partial charge in [-0.05, 0) is 44.9 Å². The maximum Gasteiger partial charge on any atom is 0.272 e. The van der Waals surface area contributed by atoms with Crippen LogP contribution in [0, 0.1) is 17.0 Å². The summed E-state index contributed by atoms with van der Waals surface area (Å²) in [6.45, 7) is 3.83. The van der Waals surface area contributed by atoms with E-state index in [0.29, 0.717) is 24.1 Å². The van der Waals surface area contributed by atoms with Crippen LogP contribution >= 0.6 is 0 Å². The highest BCUT2D eigenvalue weighted by Crippen LogP contribution is 2.25. The first-order chi connectivity index (χ1) is 12.4. The molecule has 2 heterocycles. The SMILES string of the molecule is Cc1cc(C(=O)N2CCCC2C(=O)N(C)C2CCNC2)ccc1[N+](=O)[O-]. The minimum atomic E-state index is -0.462. The molecule has 0 saturated carbocycles. The molecule has 0 aliphatic carbocycles. The van der Waals surface area contributed by atoms with Gasteiger partial charge in [-0.2, -0.15) is 0 Å². The number of hydrogen-bond acceptors (Lipinski definition) is 5. The Hall–Kier alpha value is -2.48. The number of likely N-dealkylation sites (tertiary alicyclic amines) is 1. The van der Waals surface area contributed by atoms with Gasteiger partial charge in [0.25, 0.3) is 11.6 Å². The number of likely N-dealkylation sites (N-methyl/N-ethyl adjacent to an activating group) is 1. The first-order valence-electron chi connectivity index (χ1n) is 8.93. The third kappa shape index (κ3) is 3.41. The third-order valence-corrected chi connectivity index (χ3v) is 5.37. The summed E-state index contributed by atoms with van der Waals surface area (Å²) >= 11 is 0. The lowest BCUT2D eigenvalue weighted by molar-refractivity contribution is -0.385. The lowest BCUT2D eigenvalue weighted by Gasteiger charge is -2.31. The number of aryl methyl sites for hydroxylation is 1. The summed E-state index contributed by atoms with van der Waals surface area (Å²) < 4.78 is 0. The summed E-state index contributed by atoms with van der Waals surface area (Å²) in [5.41, 5.74) is 0.819. The number of nitrogens with one attached hydrogen (secondary N) is 1. The molecule has 1 aromatic rings. The molecular formula is C18H24N4O4. The van der Waals surface area contributed by atoms with Gasteiger partial charge in [-0.3, -0.25) is 19.7 Å². The zero-order valence-corrected chi connectivity index (χ0v) is 15.1. The number of amides is 2. The maximum atomic E-state index is 12.9. The number of nitro benzene ring substituents is 1. The Labute approximate surface area is 152 Å². The summed E-state index contributed by atoms with van der Waals surface area (Å²) in [5, 5.41) is 14.2. The van der Waals surface area contributed by atoms with E-state index in [4.69, 9.17) is 0 Å². The predicted octanol–water partition coefficient (Wildman–Crippen LogP) is 1.33. The normalized spacial score (nSPS) is 22.5. The van der Waals surface area contributed by atoms with E-state index < -0.39 is 11.0 Å². The Kier molecular flexibility index (Phi) is 5.22. The molecule has 2 amide bonds. The van der Waals surface area contributed by atoms with Gasteiger partial charge in [-0.1, -0.05) is 0 Å². The van der Waals surface area contributed by atoms with E-state index in [0.717, 1.165) is 25.9 Å². The van der Waals surface area contributed by atoms with Gasteiger partial charge in [0.2, 0.25) is 5.91 Å². The summed E-state index contributed by atoms with van der Waals surface area (Å²) in [6.07, 6.45) is 2.36. The van der Waals surface area contributed by atoms with Crippen molar-refractivity contribution < 1.29 is 14.5 Å². The zero-order chi connectivity index (χ0) is 18.8. The lowest BCUT2D eigenvalue weighted by Crippen LogP contribution is -2.50.